The highest BCUT2D eigenvalue weighted by atomic mass is 35.5. The molecule has 98 valence electrons. The van der Waals surface area contributed by atoms with Crippen LogP contribution in [0.3, 0.4) is 0 Å². The monoisotopic (exact) mass is 278 g/mol. The standard InChI is InChI=1S/C14H12ClFN2O/c1-9-11(16)6-4-8-12(9)17-14(19)18-13-7-3-2-5-10(13)15/h2-8H,1H3,(H2,17,18,19). The molecule has 2 N–H and O–H groups in total. The van der Waals surface area contributed by atoms with Gasteiger partial charge in [0.1, 0.15) is 5.82 Å². The number of rotatable bonds is 2. The van der Waals surface area contributed by atoms with Crippen molar-refractivity contribution in [3.8, 4) is 0 Å². The van der Waals surface area contributed by atoms with Crippen LogP contribution in [-0.2, 0) is 0 Å². The largest absolute Gasteiger partial charge is 0.323 e. The Bertz CT molecular complexity index is 616. The highest BCUT2D eigenvalue weighted by molar-refractivity contribution is 6.33. The van der Waals surface area contributed by atoms with Crippen molar-refractivity contribution < 1.29 is 9.18 Å². The molecular formula is C14H12ClFN2O. The van der Waals surface area contributed by atoms with Gasteiger partial charge in [-0.05, 0) is 31.2 Å². The van der Waals surface area contributed by atoms with Gasteiger partial charge in [0.15, 0.2) is 0 Å². The molecule has 0 unspecified atom stereocenters. The first-order valence-electron chi connectivity index (χ1n) is 5.65. The molecule has 5 heteroatoms. The SMILES string of the molecule is Cc1c(F)cccc1NC(=O)Nc1ccccc1Cl. The zero-order chi connectivity index (χ0) is 13.8. The molecule has 0 heterocycles. The van der Waals surface area contributed by atoms with Crippen molar-refractivity contribution in [2.45, 2.75) is 6.92 Å². The Morgan fingerprint density at radius 2 is 1.68 bits per heavy atom. The van der Waals surface area contributed by atoms with Crippen LogP contribution >= 0.6 is 11.6 Å². The van der Waals surface area contributed by atoms with E-state index in [0.717, 1.165) is 0 Å². The predicted octanol–water partition coefficient (Wildman–Crippen LogP) is 4.43. The highest BCUT2D eigenvalue weighted by Gasteiger charge is 2.08. The third-order valence-electron chi connectivity index (χ3n) is 2.64. The third kappa shape index (κ3) is 3.23. The Hall–Kier alpha value is -2.07. The zero-order valence-corrected chi connectivity index (χ0v) is 11.0. The van der Waals surface area contributed by atoms with Crippen LogP contribution in [0, 0.1) is 12.7 Å². The molecule has 0 spiro atoms. The minimum atomic E-state index is -0.471. The Kier molecular flexibility index (Phi) is 4.02. The van der Waals surface area contributed by atoms with Gasteiger partial charge in [0.25, 0.3) is 0 Å². The minimum Gasteiger partial charge on any atom is -0.307 e. The smallest absolute Gasteiger partial charge is 0.307 e. The van der Waals surface area contributed by atoms with E-state index in [9.17, 15) is 9.18 Å². The van der Waals surface area contributed by atoms with Gasteiger partial charge in [-0.25, -0.2) is 9.18 Å². The normalized spacial score (nSPS) is 10.1. The Morgan fingerprint density at radius 3 is 2.42 bits per heavy atom. The third-order valence-corrected chi connectivity index (χ3v) is 2.97. The maximum atomic E-state index is 13.3. The van der Waals surface area contributed by atoms with Crippen LogP contribution in [0.15, 0.2) is 42.5 Å². The van der Waals surface area contributed by atoms with Crippen LogP contribution < -0.4 is 10.6 Å². The number of halogens is 2. The van der Waals surface area contributed by atoms with Gasteiger partial charge in [0.2, 0.25) is 0 Å². The van der Waals surface area contributed by atoms with Gasteiger partial charge in [-0.1, -0.05) is 29.8 Å². The maximum Gasteiger partial charge on any atom is 0.323 e. The van der Waals surface area contributed by atoms with Crippen molar-refractivity contribution in [2.75, 3.05) is 10.6 Å². The van der Waals surface area contributed by atoms with E-state index in [0.29, 0.717) is 22.0 Å². The summed E-state index contributed by atoms with van der Waals surface area (Å²) in [6, 6.07) is 10.9. The fourth-order valence-electron chi connectivity index (χ4n) is 1.58. The summed E-state index contributed by atoms with van der Waals surface area (Å²) in [5.74, 6) is -0.365. The Morgan fingerprint density at radius 1 is 1.05 bits per heavy atom. The molecule has 0 bridgehead atoms. The van der Waals surface area contributed by atoms with Crippen molar-refractivity contribution in [2.24, 2.45) is 0 Å². The molecule has 0 aromatic heterocycles. The van der Waals surface area contributed by atoms with Crippen molar-refractivity contribution in [1.82, 2.24) is 0 Å². The number of carbonyl (C=O) groups excluding carboxylic acids is 1. The molecule has 0 aliphatic rings. The number of benzene rings is 2. The number of carbonyl (C=O) groups is 1. The molecule has 0 atom stereocenters. The van der Waals surface area contributed by atoms with E-state index < -0.39 is 6.03 Å². The van der Waals surface area contributed by atoms with E-state index in [1.165, 1.54) is 12.1 Å². The lowest BCUT2D eigenvalue weighted by Gasteiger charge is -2.11. The highest BCUT2D eigenvalue weighted by Crippen LogP contribution is 2.21. The fraction of sp³-hybridized carbons (Fsp3) is 0.0714. The number of hydrogen-bond acceptors (Lipinski definition) is 1. The first-order valence-corrected chi connectivity index (χ1v) is 6.03. The minimum absolute atomic E-state index is 0.365. The molecule has 0 aliphatic heterocycles. The molecule has 0 fully saturated rings. The number of anilines is 2. The summed E-state index contributed by atoms with van der Waals surface area (Å²) in [6.07, 6.45) is 0. The molecule has 2 aromatic carbocycles. The molecular weight excluding hydrogens is 267 g/mol. The summed E-state index contributed by atoms with van der Waals surface area (Å²) >= 11 is 5.93. The quantitative estimate of drug-likeness (QED) is 0.838. The molecule has 2 amide bonds. The number of hydrogen-bond donors (Lipinski definition) is 2. The molecule has 2 rings (SSSR count). The van der Waals surface area contributed by atoms with Crippen LogP contribution in [0.1, 0.15) is 5.56 Å². The van der Waals surface area contributed by atoms with Gasteiger partial charge in [-0.3, -0.25) is 0 Å². The van der Waals surface area contributed by atoms with Gasteiger partial charge in [-0.15, -0.1) is 0 Å². The van der Waals surface area contributed by atoms with Gasteiger partial charge in [0, 0.05) is 11.3 Å². The van der Waals surface area contributed by atoms with E-state index in [2.05, 4.69) is 10.6 Å². The average molecular weight is 279 g/mol. The zero-order valence-electron chi connectivity index (χ0n) is 10.2. The van der Waals surface area contributed by atoms with Crippen molar-refractivity contribution in [3.05, 3.63) is 58.9 Å². The number of nitrogens with one attached hydrogen (secondary N) is 2. The predicted molar refractivity (Wildman–Crippen MR) is 75.2 cm³/mol. The van der Waals surface area contributed by atoms with Crippen LogP contribution in [0.4, 0.5) is 20.6 Å². The van der Waals surface area contributed by atoms with Crippen LogP contribution in [0.25, 0.3) is 0 Å². The second kappa shape index (κ2) is 5.71. The van der Waals surface area contributed by atoms with Crippen LogP contribution in [0.2, 0.25) is 5.02 Å². The summed E-state index contributed by atoms with van der Waals surface area (Å²) in [7, 11) is 0. The first kappa shape index (κ1) is 13.4. The van der Waals surface area contributed by atoms with Crippen molar-refractivity contribution >= 4 is 29.0 Å². The van der Waals surface area contributed by atoms with Crippen LogP contribution in [0.5, 0.6) is 0 Å². The van der Waals surface area contributed by atoms with Gasteiger partial charge >= 0.3 is 6.03 Å². The Balaban J connectivity index is 2.10. The molecule has 0 aliphatic carbocycles. The maximum absolute atomic E-state index is 13.3. The average Bonchev–Trinajstić information content (AvgIpc) is 2.38. The van der Waals surface area contributed by atoms with E-state index in [1.807, 2.05) is 0 Å². The van der Waals surface area contributed by atoms with Gasteiger partial charge in [0.05, 0.1) is 10.7 Å². The topological polar surface area (TPSA) is 41.1 Å². The molecule has 2 aromatic rings. The second-order valence-corrected chi connectivity index (χ2v) is 4.38. The molecule has 0 saturated carbocycles. The second-order valence-electron chi connectivity index (χ2n) is 3.97. The van der Waals surface area contributed by atoms with E-state index >= 15 is 0 Å². The molecule has 0 radical (unpaired) electrons. The number of para-hydroxylation sites is 1. The summed E-state index contributed by atoms with van der Waals surface area (Å²) in [4.78, 5) is 11.8. The van der Waals surface area contributed by atoms with E-state index in [4.69, 9.17) is 11.6 Å². The lowest BCUT2D eigenvalue weighted by molar-refractivity contribution is 0.262. The van der Waals surface area contributed by atoms with E-state index in [1.54, 1.807) is 37.3 Å². The summed E-state index contributed by atoms with van der Waals surface area (Å²) in [5.41, 5.74) is 1.30. The van der Waals surface area contributed by atoms with Crippen LogP contribution in [-0.4, -0.2) is 6.03 Å². The summed E-state index contributed by atoms with van der Waals surface area (Å²) in [6.45, 7) is 1.60. The first-order chi connectivity index (χ1) is 9.08. The fourth-order valence-corrected chi connectivity index (χ4v) is 1.76. The molecule has 0 saturated heterocycles. The summed E-state index contributed by atoms with van der Waals surface area (Å²) in [5, 5.41) is 5.62. The van der Waals surface area contributed by atoms with Crippen molar-refractivity contribution in [3.63, 3.8) is 0 Å². The van der Waals surface area contributed by atoms with E-state index in [-0.39, 0.29) is 5.82 Å². The van der Waals surface area contributed by atoms with Gasteiger partial charge < -0.3 is 10.6 Å². The lowest BCUT2D eigenvalue weighted by Crippen LogP contribution is -2.20. The van der Waals surface area contributed by atoms with Gasteiger partial charge in [-0.2, -0.15) is 0 Å². The molecule has 3 nitrogen and oxygen atoms in total. The molecule has 19 heavy (non-hydrogen) atoms. The Labute approximate surface area is 115 Å². The van der Waals surface area contributed by atoms with Crippen molar-refractivity contribution in [1.29, 1.82) is 0 Å². The summed E-state index contributed by atoms with van der Waals surface area (Å²) < 4.78 is 13.3. The lowest BCUT2D eigenvalue weighted by atomic mass is 10.2. The number of amides is 2. The number of urea groups is 1.